The van der Waals surface area contributed by atoms with Gasteiger partial charge in [0.1, 0.15) is 17.3 Å². The third kappa shape index (κ3) is 2.91. The SMILES string of the molecule is COc1ccc2ncc3c(-c4ccccc4)nn(-c4ccc(F)c(Cl)c4)c3c2c1. The highest BCUT2D eigenvalue weighted by Gasteiger charge is 2.18. The highest BCUT2D eigenvalue weighted by Crippen LogP contribution is 2.35. The van der Waals surface area contributed by atoms with E-state index in [1.165, 1.54) is 6.07 Å². The molecule has 0 saturated heterocycles. The van der Waals surface area contributed by atoms with Crippen molar-refractivity contribution in [1.82, 2.24) is 14.8 Å². The number of nitrogens with zero attached hydrogens (tertiary/aromatic N) is 3. The van der Waals surface area contributed by atoms with Crippen molar-refractivity contribution in [2.24, 2.45) is 0 Å². The van der Waals surface area contributed by atoms with E-state index in [4.69, 9.17) is 21.4 Å². The van der Waals surface area contributed by atoms with Crippen LogP contribution in [0.1, 0.15) is 0 Å². The molecule has 0 aliphatic carbocycles. The van der Waals surface area contributed by atoms with Crippen molar-refractivity contribution < 1.29 is 9.13 Å². The molecule has 2 aromatic heterocycles. The van der Waals surface area contributed by atoms with Crippen LogP contribution in [0.2, 0.25) is 5.02 Å². The lowest BCUT2D eigenvalue weighted by atomic mass is 10.1. The molecule has 0 spiro atoms. The molecule has 0 unspecified atom stereocenters. The molecular formula is C23H15ClFN3O. The Morgan fingerprint density at radius 2 is 1.79 bits per heavy atom. The summed E-state index contributed by atoms with van der Waals surface area (Å²) in [4.78, 5) is 4.61. The summed E-state index contributed by atoms with van der Waals surface area (Å²) in [5.74, 6) is 0.251. The number of rotatable bonds is 3. The van der Waals surface area contributed by atoms with Gasteiger partial charge in [0.25, 0.3) is 0 Å². The smallest absolute Gasteiger partial charge is 0.141 e. The van der Waals surface area contributed by atoms with Crippen LogP contribution in [0.5, 0.6) is 5.75 Å². The van der Waals surface area contributed by atoms with Crippen LogP contribution in [0.25, 0.3) is 38.8 Å². The summed E-state index contributed by atoms with van der Waals surface area (Å²) in [7, 11) is 1.63. The average molecular weight is 404 g/mol. The number of benzene rings is 3. The molecule has 0 aliphatic heterocycles. The third-order valence-corrected chi connectivity index (χ3v) is 5.20. The number of hydrogen-bond acceptors (Lipinski definition) is 3. The van der Waals surface area contributed by atoms with Gasteiger partial charge >= 0.3 is 0 Å². The van der Waals surface area contributed by atoms with Gasteiger partial charge in [-0.1, -0.05) is 41.9 Å². The molecule has 0 fully saturated rings. The Kier molecular flexibility index (Phi) is 4.18. The molecule has 6 heteroatoms. The number of fused-ring (bicyclic) bond motifs is 3. The Hall–Kier alpha value is -3.44. The minimum atomic E-state index is -0.469. The van der Waals surface area contributed by atoms with Gasteiger partial charge in [0, 0.05) is 22.5 Å². The fourth-order valence-electron chi connectivity index (χ4n) is 3.50. The molecule has 0 bridgehead atoms. The van der Waals surface area contributed by atoms with Gasteiger partial charge in [-0.25, -0.2) is 9.07 Å². The number of methoxy groups -OCH3 is 1. The minimum absolute atomic E-state index is 0.0448. The Labute approximate surface area is 171 Å². The molecule has 0 aliphatic rings. The van der Waals surface area contributed by atoms with Crippen molar-refractivity contribution in [3.8, 4) is 22.7 Å². The zero-order chi connectivity index (χ0) is 20.0. The predicted molar refractivity (Wildman–Crippen MR) is 113 cm³/mol. The van der Waals surface area contributed by atoms with Crippen LogP contribution in [-0.4, -0.2) is 21.9 Å². The Morgan fingerprint density at radius 1 is 0.966 bits per heavy atom. The van der Waals surface area contributed by atoms with E-state index >= 15 is 0 Å². The fourth-order valence-corrected chi connectivity index (χ4v) is 3.68. The first-order valence-corrected chi connectivity index (χ1v) is 9.40. The normalized spacial score (nSPS) is 11.3. The second-order valence-corrected chi connectivity index (χ2v) is 7.04. The van der Waals surface area contributed by atoms with Gasteiger partial charge in [-0.15, -0.1) is 0 Å². The molecule has 4 nitrogen and oxygen atoms in total. The quantitative estimate of drug-likeness (QED) is 0.368. The van der Waals surface area contributed by atoms with Crippen LogP contribution in [0, 0.1) is 5.82 Å². The van der Waals surface area contributed by atoms with Crippen LogP contribution in [-0.2, 0) is 0 Å². The molecule has 5 aromatic rings. The number of ether oxygens (including phenoxy) is 1. The first-order valence-electron chi connectivity index (χ1n) is 9.02. The van der Waals surface area contributed by atoms with Crippen LogP contribution in [0.15, 0.2) is 72.9 Å². The average Bonchev–Trinajstić information content (AvgIpc) is 3.16. The first kappa shape index (κ1) is 17.6. The molecule has 0 N–H and O–H groups in total. The summed E-state index contributed by atoms with van der Waals surface area (Å²) in [5.41, 5.74) is 4.09. The lowest BCUT2D eigenvalue weighted by Gasteiger charge is -2.08. The van der Waals surface area contributed by atoms with E-state index < -0.39 is 5.82 Å². The van der Waals surface area contributed by atoms with E-state index in [0.29, 0.717) is 5.69 Å². The molecule has 142 valence electrons. The number of pyridine rings is 1. The van der Waals surface area contributed by atoms with E-state index in [-0.39, 0.29) is 5.02 Å². The molecule has 0 saturated carbocycles. The highest BCUT2D eigenvalue weighted by atomic mass is 35.5. The third-order valence-electron chi connectivity index (χ3n) is 4.91. The number of hydrogen-bond donors (Lipinski definition) is 0. The van der Waals surface area contributed by atoms with Gasteiger partial charge in [0.15, 0.2) is 0 Å². The van der Waals surface area contributed by atoms with E-state index in [1.54, 1.807) is 23.9 Å². The summed E-state index contributed by atoms with van der Waals surface area (Å²) < 4.78 is 21.0. The summed E-state index contributed by atoms with van der Waals surface area (Å²) in [6.45, 7) is 0. The topological polar surface area (TPSA) is 39.9 Å². The predicted octanol–water partition coefficient (Wildman–Crippen LogP) is 6.04. The van der Waals surface area contributed by atoms with Crippen LogP contribution >= 0.6 is 11.6 Å². The molecule has 0 radical (unpaired) electrons. The van der Waals surface area contributed by atoms with Gasteiger partial charge in [0.2, 0.25) is 0 Å². The molecular weight excluding hydrogens is 389 g/mol. The minimum Gasteiger partial charge on any atom is -0.497 e. The van der Waals surface area contributed by atoms with Gasteiger partial charge in [-0.3, -0.25) is 4.98 Å². The molecule has 2 heterocycles. The van der Waals surface area contributed by atoms with Crippen molar-refractivity contribution in [1.29, 1.82) is 0 Å². The molecule has 0 amide bonds. The fraction of sp³-hybridized carbons (Fsp3) is 0.0435. The molecule has 0 atom stereocenters. The summed E-state index contributed by atoms with van der Waals surface area (Å²) in [6, 6.07) is 20.2. The Morgan fingerprint density at radius 3 is 2.55 bits per heavy atom. The van der Waals surface area contributed by atoms with Crippen LogP contribution in [0.3, 0.4) is 0 Å². The van der Waals surface area contributed by atoms with Gasteiger partial charge < -0.3 is 4.74 Å². The Balaban J connectivity index is 1.91. The number of halogens is 2. The zero-order valence-corrected chi connectivity index (χ0v) is 16.2. The van der Waals surface area contributed by atoms with Crippen molar-refractivity contribution in [3.63, 3.8) is 0 Å². The van der Waals surface area contributed by atoms with Crippen LogP contribution in [0.4, 0.5) is 4.39 Å². The van der Waals surface area contributed by atoms with Crippen molar-refractivity contribution in [2.75, 3.05) is 7.11 Å². The maximum Gasteiger partial charge on any atom is 0.141 e. The second-order valence-electron chi connectivity index (χ2n) is 6.63. The molecule has 5 rings (SSSR count). The second kappa shape index (κ2) is 6.87. The number of aromatic nitrogens is 3. The molecule has 3 aromatic carbocycles. The largest absolute Gasteiger partial charge is 0.497 e. The lowest BCUT2D eigenvalue weighted by molar-refractivity contribution is 0.415. The summed E-state index contributed by atoms with van der Waals surface area (Å²) in [6.07, 6.45) is 1.82. The monoisotopic (exact) mass is 403 g/mol. The standard InChI is InChI=1S/C23H15ClFN3O/c1-29-16-8-10-21-17(12-16)23-18(13-26-21)22(14-5-3-2-4-6-14)27-28(23)15-7-9-20(25)19(24)11-15/h2-13H,1H3. The summed E-state index contributed by atoms with van der Waals surface area (Å²) in [5, 5.41) is 6.68. The van der Waals surface area contributed by atoms with Gasteiger partial charge in [-0.05, 0) is 36.4 Å². The van der Waals surface area contributed by atoms with Crippen LogP contribution < -0.4 is 4.74 Å². The Bertz CT molecular complexity index is 1370. The maximum atomic E-state index is 13.8. The molecule has 29 heavy (non-hydrogen) atoms. The van der Waals surface area contributed by atoms with E-state index in [0.717, 1.165) is 38.8 Å². The highest BCUT2D eigenvalue weighted by molar-refractivity contribution is 6.30. The maximum absolute atomic E-state index is 13.8. The van der Waals surface area contributed by atoms with Gasteiger partial charge in [0.05, 0.1) is 28.9 Å². The van der Waals surface area contributed by atoms with E-state index in [1.807, 2.05) is 54.7 Å². The van der Waals surface area contributed by atoms with Gasteiger partial charge in [-0.2, -0.15) is 5.10 Å². The van der Waals surface area contributed by atoms with Crippen molar-refractivity contribution >= 4 is 33.4 Å². The summed E-state index contributed by atoms with van der Waals surface area (Å²) >= 11 is 6.06. The van der Waals surface area contributed by atoms with E-state index in [2.05, 4.69) is 4.98 Å². The van der Waals surface area contributed by atoms with Crippen molar-refractivity contribution in [2.45, 2.75) is 0 Å². The van der Waals surface area contributed by atoms with E-state index in [9.17, 15) is 4.39 Å². The lowest BCUT2D eigenvalue weighted by Crippen LogP contribution is -1.98. The zero-order valence-electron chi connectivity index (χ0n) is 15.4. The first-order chi connectivity index (χ1) is 14.2. The van der Waals surface area contributed by atoms with Crippen molar-refractivity contribution in [3.05, 3.63) is 83.8 Å².